The van der Waals surface area contributed by atoms with Crippen LogP contribution in [0.3, 0.4) is 0 Å². The summed E-state index contributed by atoms with van der Waals surface area (Å²) in [6, 6.07) is 10.3. The molecule has 9 nitrogen and oxygen atoms in total. The van der Waals surface area contributed by atoms with Crippen molar-refractivity contribution in [1.29, 1.82) is 5.41 Å². The second-order valence-corrected chi connectivity index (χ2v) is 7.98. The van der Waals surface area contributed by atoms with Crippen molar-refractivity contribution >= 4 is 34.5 Å². The first-order valence-corrected chi connectivity index (χ1v) is 10.7. The number of nitrogens with one attached hydrogen (secondary N) is 2. The van der Waals surface area contributed by atoms with E-state index in [2.05, 4.69) is 15.3 Å². The predicted octanol–water partition coefficient (Wildman–Crippen LogP) is 4.74. The van der Waals surface area contributed by atoms with E-state index < -0.39 is 23.7 Å². The summed E-state index contributed by atoms with van der Waals surface area (Å²) in [5.74, 6) is -0.425. The number of rotatable bonds is 5. The number of aromatic nitrogens is 2. The summed E-state index contributed by atoms with van der Waals surface area (Å²) in [4.78, 5) is 21.1. The van der Waals surface area contributed by atoms with Gasteiger partial charge in [0.1, 0.15) is 5.52 Å². The first kappa shape index (κ1) is 25.2. The molecule has 37 heavy (non-hydrogen) atoms. The lowest BCUT2D eigenvalue weighted by molar-refractivity contribution is -0.137. The lowest BCUT2D eigenvalue weighted by Gasteiger charge is -2.18. The minimum absolute atomic E-state index is 0.00267. The largest absolute Gasteiger partial charge is 0.492 e. The van der Waals surface area contributed by atoms with Crippen molar-refractivity contribution in [3.63, 3.8) is 0 Å². The molecule has 0 spiro atoms. The van der Waals surface area contributed by atoms with E-state index in [1.165, 1.54) is 25.4 Å². The molecular formula is C25H21F3N6O3. The number of nitrogen functional groups attached to an aromatic ring is 1. The Bertz CT molecular complexity index is 1540. The number of carbonyl (C=O) groups is 1. The SMILES string of the molecule is COc1c(-c2cc(C(=O)Nc3cccc(C(F)(F)F)c3)ccc2C)cc2cnc(N)nc2c1OC(=N)N. The molecule has 0 aliphatic carbocycles. The summed E-state index contributed by atoms with van der Waals surface area (Å²) in [7, 11) is 1.39. The highest BCUT2D eigenvalue weighted by molar-refractivity contribution is 6.06. The second kappa shape index (κ2) is 9.64. The number of alkyl halides is 3. The van der Waals surface area contributed by atoms with Gasteiger partial charge in [-0.05, 0) is 54.4 Å². The van der Waals surface area contributed by atoms with Crippen LogP contribution < -0.4 is 26.3 Å². The molecule has 1 amide bonds. The highest BCUT2D eigenvalue weighted by Crippen LogP contribution is 2.44. The number of nitrogens with zero attached hydrogens (tertiary/aromatic N) is 2. The number of halogens is 3. The predicted molar refractivity (Wildman–Crippen MR) is 133 cm³/mol. The van der Waals surface area contributed by atoms with E-state index in [-0.39, 0.29) is 34.2 Å². The molecule has 0 saturated heterocycles. The van der Waals surface area contributed by atoms with Gasteiger partial charge in [-0.3, -0.25) is 10.2 Å². The average molecular weight is 510 g/mol. The standard InChI is InChI=1S/C25H21F3N6O3/c1-12-6-7-13(22(35)33-16-5-3-4-15(10-16)25(26,27)28)8-17(12)18-9-14-11-32-24(31)34-19(14)21(20(18)36-2)37-23(29)30/h3-11H,1-2H3,(H3,29,30)(H,33,35)(H2,31,32,34). The third kappa shape index (κ3) is 5.22. The number of anilines is 2. The van der Waals surface area contributed by atoms with Crippen LogP contribution in [-0.2, 0) is 6.18 Å². The Labute approximate surface area is 208 Å². The van der Waals surface area contributed by atoms with E-state index >= 15 is 0 Å². The molecule has 3 aromatic carbocycles. The molecule has 1 heterocycles. The molecular weight excluding hydrogens is 489 g/mol. The normalized spacial score (nSPS) is 11.3. The van der Waals surface area contributed by atoms with Gasteiger partial charge in [0.25, 0.3) is 11.9 Å². The molecule has 190 valence electrons. The Morgan fingerprint density at radius 2 is 1.84 bits per heavy atom. The van der Waals surface area contributed by atoms with Crippen molar-refractivity contribution in [2.75, 3.05) is 18.2 Å². The van der Waals surface area contributed by atoms with Gasteiger partial charge in [0.05, 0.1) is 12.7 Å². The summed E-state index contributed by atoms with van der Waals surface area (Å²) >= 11 is 0. The molecule has 0 radical (unpaired) electrons. The Morgan fingerprint density at radius 3 is 2.51 bits per heavy atom. The first-order chi connectivity index (χ1) is 17.5. The second-order valence-electron chi connectivity index (χ2n) is 7.98. The number of amidine groups is 1. The van der Waals surface area contributed by atoms with Gasteiger partial charge >= 0.3 is 6.18 Å². The van der Waals surface area contributed by atoms with Crippen molar-refractivity contribution in [2.45, 2.75) is 13.1 Å². The summed E-state index contributed by atoms with van der Waals surface area (Å²) in [5.41, 5.74) is 12.6. The van der Waals surface area contributed by atoms with Crippen LogP contribution in [0.15, 0.2) is 54.7 Å². The topological polar surface area (TPSA) is 149 Å². The van der Waals surface area contributed by atoms with E-state index in [0.29, 0.717) is 16.5 Å². The van der Waals surface area contributed by atoms with Crippen LogP contribution in [0.4, 0.5) is 24.8 Å². The van der Waals surface area contributed by atoms with Gasteiger partial charge in [-0.25, -0.2) is 9.97 Å². The number of amides is 1. The fourth-order valence-electron chi connectivity index (χ4n) is 3.78. The quantitative estimate of drug-likeness (QED) is 0.224. The number of aryl methyl sites for hydroxylation is 1. The highest BCUT2D eigenvalue weighted by atomic mass is 19.4. The van der Waals surface area contributed by atoms with Gasteiger partial charge < -0.3 is 26.3 Å². The molecule has 0 aliphatic heterocycles. The smallest absolute Gasteiger partial charge is 0.416 e. The van der Waals surface area contributed by atoms with Gasteiger partial charge in [-0.15, -0.1) is 0 Å². The number of methoxy groups -OCH3 is 1. The van der Waals surface area contributed by atoms with E-state index in [4.69, 9.17) is 26.4 Å². The lowest BCUT2D eigenvalue weighted by atomic mass is 9.95. The van der Waals surface area contributed by atoms with Crippen LogP contribution in [0, 0.1) is 12.3 Å². The van der Waals surface area contributed by atoms with E-state index in [1.807, 2.05) is 0 Å². The number of hydrogen-bond donors (Lipinski definition) is 4. The zero-order valence-corrected chi connectivity index (χ0v) is 19.6. The molecule has 12 heteroatoms. The Morgan fingerprint density at radius 1 is 1.08 bits per heavy atom. The maximum absolute atomic E-state index is 13.1. The third-order valence-electron chi connectivity index (χ3n) is 5.46. The fourth-order valence-corrected chi connectivity index (χ4v) is 3.78. The molecule has 1 aromatic heterocycles. The third-order valence-corrected chi connectivity index (χ3v) is 5.46. The van der Waals surface area contributed by atoms with E-state index in [9.17, 15) is 18.0 Å². The first-order valence-electron chi connectivity index (χ1n) is 10.7. The van der Waals surface area contributed by atoms with Crippen molar-refractivity contribution in [3.8, 4) is 22.6 Å². The number of nitrogens with two attached hydrogens (primary N) is 2. The minimum atomic E-state index is -4.54. The highest BCUT2D eigenvalue weighted by Gasteiger charge is 2.30. The van der Waals surface area contributed by atoms with Crippen molar-refractivity contribution < 1.29 is 27.4 Å². The average Bonchev–Trinajstić information content (AvgIpc) is 2.83. The number of carbonyl (C=O) groups excluding carboxylic acids is 1. The van der Waals surface area contributed by atoms with E-state index in [0.717, 1.165) is 17.7 Å². The number of ether oxygens (including phenoxy) is 2. The molecule has 4 aromatic rings. The summed E-state index contributed by atoms with van der Waals surface area (Å²) in [6.45, 7) is 1.80. The van der Waals surface area contributed by atoms with E-state index in [1.54, 1.807) is 31.2 Å². The molecule has 6 N–H and O–H groups in total. The molecule has 0 saturated carbocycles. The van der Waals surface area contributed by atoms with Crippen LogP contribution in [0.1, 0.15) is 21.5 Å². The van der Waals surface area contributed by atoms with Crippen molar-refractivity contribution in [3.05, 3.63) is 71.4 Å². The Kier molecular flexibility index (Phi) is 6.58. The maximum Gasteiger partial charge on any atom is 0.416 e. The summed E-state index contributed by atoms with van der Waals surface area (Å²) < 4.78 is 50.2. The maximum atomic E-state index is 13.1. The van der Waals surface area contributed by atoms with Crippen LogP contribution in [0.2, 0.25) is 0 Å². The Balaban J connectivity index is 1.81. The van der Waals surface area contributed by atoms with Crippen LogP contribution in [-0.4, -0.2) is 29.0 Å². The monoisotopic (exact) mass is 510 g/mol. The summed E-state index contributed by atoms with van der Waals surface area (Å²) in [5, 5.41) is 10.6. The van der Waals surface area contributed by atoms with Gasteiger partial charge in [-0.2, -0.15) is 13.2 Å². The summed E-state index contributed by atoms with van der Waals surface area (Å²) in [6.07, 6.45) is -3.08. The molecule has 0 fully saturated rings. The number of hydrogen-bond acceptors (Lipinski definition) is 7. The van der Waals surface area contributed by atoms with Gasteiger partial charge in [0.15, 0.2) is 11.5 Å². The molecule has 4 rings (SSSR count). The Hall–Kier alpha value is -4.87. The number of benzene rings is 3. The fraction of sp³-hybridized carbons (Fsp3) is 0.120. The minimum Gasteiger partial charge on any atom is -0.492 e. The van der Waals surface area contributed by atoms with Gasteiger partial charge in [-0.1, -0.05) is 12.1 Å². The van der Waals surface area contributed by atoms with Crippen LogP contribution in [0.25, 0.3) is 22.0 Å². The lowest BCUT2D eigenvalue weighted by Crippen LogP contribution is -2.18. The molecule has 0 unspecified atom stereocenters. The molecule has 0 bridgehead atoms. The van der Waals surface area contributed by atoms with Crippen LogP contribution in [0.5, 0.6) is 11.5 Å². The van der Waals surface area contributed by atoms with Gasteiger partial charge in [0, 0.05) is 28.4 Å². The molecule has 0 aliphatic rings. The number of fused-ring (bicyclic) bond motifs is 1. The molecule has 0 atom stereocenters. The zero-order chi connectivity index (χ0) is 26.9. The van der Waals surface area contributed by atoms with Gasteiger partial charge in [0.2, 0.25) is 5.95 Å². The zero-order valence-electron chi connectivity index (χ0n) is 19.6. The van der Waals surface area contributed by atoms with Crippen molar-refractivity contribution in [1.82, 2.24) is 9.97 Å². The van der Waals surface area contributed by atoms with Crippen molar-refractivity contribution in [2.24, 2.45) is 5.73 Å². The van der Waals surface area contributed by atoms with Crippen LogP contribution >= 0.6 is 0 Å².